The number of halogens is 1. The lowest BCUT2D eigenvalue weighted by Crippen LogP contribution is -2.08. The Morgan fingerprint density at radius 3 is 2.94 bits per heavy atom. The molecule has 5 heteroatoms. The van der Waals surface area contributed by atoms with Crippen molar-refractivity contribution in [3.8, 4) is 5.75 Å². The van der Waals surface area contributed by atoms with Crippen molar-refractivity contribution in [3.63, 3.8) is 0 Å². The number of benzene rings is 1. The molecule has 0 N–H and O–H groups in total. The minimum atomic E-state index is 0.458. The zero-order chi connectivity index (χ0) is 12.1. The Morgan fingerprint density at radius 2 is 2.18 bits per heavy atom. The standard InChI is InChI=1S/C12H14IN3O/c1-2-7-16-12(14-9-15-16)8-17-11-6-4-3-5-10(11)13/h3-6,9H,2,7-8H2,1H3. The lowest BCUT2D eigenvalue weighted by atomic mass is 10.3. The number of nitrogens with zero attached hydrogens (tertiary/aromatic N) is 3. The van der Waals surface area contributed by atoms with Gasteiger partial charge in [0.25, 0.3) is 0 Å². The molecule has 0 aliphatic rings. The molecule has 1 aromatic carbocycles. The van der Waals surface area contributed by atoms with Gasteiger partial charge in [-0.25, -0.2) is 9.67 Å². The van der Waals surface area contributed by atoms with Crippen LogP contribution in [-0.4, -0.2) is 14.8 Å². The lowest BCUT2D eigenvalue weighted by Gasteiger charge is -2.08. The Kier molecular flexibility index (Phi) is 4.36. The molecular weight excluding hydrogens is 329 g/mol. The van der Waals surface area contributed by atoms with Crippen LogP contribution in [0.25, 0.3) is 0 Å². The van der Waals surface area contributed by atoms with Crippen LogP contribution in [0.4, 0.5) is 0 Å². The molecule has 1 heterocycles. The van der Waals surface area contributed by atoms with Crippen molar-refractivity contribution in [2.45, 2.75) is 26.5 Å². The van der Waals surface area contributed by atoms with Crippen LogP contribution < -0.4 is 4.74 Å². The zero-order valence-electron chi connectivity index (χ0n) is 9.64. The molecule has 90 valence electrons. The van der Waals surface area contributed by atoms with E-state index in [9.17, 15) is 0 Å². The van der Waals surface area contributed by atoms with E-state index in [0.29, 0.717) is 6.61 Å². The molecule has 0 amide bonds. The number of rotatable bonds is 5. The fourth-order valence-electron chi connectivity index (χ4n) is 1.50. The summed E-state index contributed by atoms with van der Waals surface area (Å²) < 4.78 is 8.73. The Bertz CT molecular complexity index is 484. The normalized spacial score (nSPS) is 10.5. The van der Waals surface area contributed by atoms with Crippen LogP contribution in [0.5, 0.6) is 5.75 Å². The molecule has 0 radical (unpaired) electrons. The van der Waals surface area contributed by atoms with Crippen molar-refractivity contribution in [1.29, 1.82) is 0 Å². The van der Waals surface area contributed by atoms with Crippen molar-refractivity contribution in [3.05, 3.63) is 40.0 Å². The van der Waals surface area contributed by atoms with Crippen LogP contribution >= 0.6 is 22.6 Å². The molecule has 4 nitrogen and oxygen atoms in total. The third kappa shape index (κ3) is 3.18. The molecule has 0 fully saturated rings. The molecule has 0 saturated carbocycles. The third-order valence-corrected chi connectivity index (χ3v) is 3.22. The van der Waals surface area contributed by atoms with E-state index in [1.165, 1.54) is 0 Å². The predicted molar refractivity (Wildman–Crippen MR) is 73.8 cm³/mol. The molecule has 0 unspecified atom stereocenters. The van der Waals surface area contributed by atoms with Crippen LogP contribution in [0.1, 0.15) is 19.2 Å². The van der Waals surface area contributed by atoms with E-state index in [0.717, 1.165) is 28.1 Å². The van der Waals surface area contributed by atoms with Gasteiger partial charge in [-0.05, 0) is 41.1 Å². The number of aromatic nitrogens is 3. The maximum absolute atomic E-state index is 5.74. The highest BCUT2D eigenvalue weighted by molar-refractivity contribution is 14.1. The third-order valence-electron chi connectivity index (χ3n) is 2.32. The average Bonchev–Trinajstić information content (AvgIpc) is 2.76. The van der Waals surface area contributed by atoms with Gasteiger partial charge in [-0.2, -0.15) is 5.10 Å². The maximum atomic E-state index is 5.74. The number of aryl methyl sites for hydroxylation is 1. The van der Waals surface area contributed by atoms with Crippen molar-refractivity contribution >= 4 is 22.6 Å². The molecule has 0 saturated heterocycles. The van der Waals surface area contributed by atoms with Gasteiger partial charge in [0.2, 0.25) is 0 Å². The first kappa shape index (κ1) is 12.3. The fraction of sp³-hybridized carbons (Fsp3) is 0.333. The Hall–Kier alpha value is -1.11. The Balaban J connectivity index is 2.02. The topological polar surface area (TPSA) is 39.9 Å². The summed E-state index contributed by atoms with van der Waals surface area (Å²) in [7, 11) is 0. The maximum Gasteiger partial charge on any atom is 0.164 e. The van der Waals surface area contributed by atoms with Crippen molar-refractivity contribution in [2.75, 3.05) is 0 Å². The Morgan fingerprint density at radius 1 is 1.35 bits per heavy atom. The van der Waals surface area contributed by atoms with Gasteiger partial charge in [0, 0.05) is 6.54 Å². The number of para-hydroxylation sites is 1. The number of hydrogen-bond acceptors (Lipinski definition) is 3. The molecule has 1 aromatic heterocycles. The van der Waals surface area contributed by atoms with Crippen LogP contribution in [0, 0.1) is 3.57 Å². The number of ether oxygens (including phenoxy) is 1. The molecular formula is C12H14IN3O. The van der Waals surface area contributed by atoms with E-state index in [2.05, 4.69) is 39.6 Å². The summed E-state index contributed by atoms with van der Waals surface area (Å²) in [4.78, 5) is 4.20. The molecule has 0 aliphatic carbocycles. The molecule has 0 aliphatic heterocycles. The summed E-state index contributed by atoms with van der Waals surface area (Å²) in [5.74, 6) is 1.76. The van der Waals surface area contributed by atoms with Gasteiger partial charge in [-0.15, -0.1) is 0 Å². The summed E-state index contributed by atoms with van der Waals surface area (Å²) in [5, 5.41) is 4.16. The first-order valence-electron chi connectivity index (χ1n) is 5.55. The average molecular weight is 343 g/mol. The van der Waals surface area contributed by atoms with Crippen LogP contribution in [-0.2, 0) is 13.2 Å². The molecule has 2 rings (SSSR count). The molecule has 0 atom stereocenters. The molecule has 0 bridgehead atoms. The van der Waals surface area contributed by atoms with Crippen molar-refractivity contribution in [2.24, 2.45) is 0 Å². The van der Waals surface area contributed by atoms with Gasteiger partial charge in [-0.3, -0.25) is 0 Å². The summed E-state index contributed by atoms with van der Waals surface area (Å²) in [5.41, 5.74) is 0. The summed E-state index contributed by atoms with van der Waals surface area (Å²) in [6, 6.07) is 7.94. The van der Waals surface area contributed by atoms with Gasteiger partial charge >= 0.3 is 0 Å². The minimum absolute atomic E-state index is 0.458. The smallest absolute Gasteiger partial charge is 0.164 e. The number of hydrogen-bond donors (Lipinski definition) is 0. The van der Waals surface area contributed by atoms with Crippen LogP contribution in [0.2, 0.25) is 0 Å². The molecule has 2 aromatic rings. The van der Waals surface area contributed by atoms with E-state index < -0.39 is 0 Å². The predicted octanol–water partition coefficient (Wildman–Crippen LogP) is 2.87. The second-order valence-electron chi connectivity index (χ2n) is 3.62. The van der Waals surface area contributed by atoms with Gasteiger partial charge in [0.15, 0.2) is 5.82 Å². The molecule has 17 heavy (non-hydrogen) atoms. The minimum Gasteiger partial charge on any atom is -0.485 e. The summed E-state index contributed by atoms with van der Waals surface area (Å²) >= 11 is 2.26. The second kappa shape index (κ2) is 6.00. The van der Waals surface area contributed by atoms with Crippen LogP contribution in [0.15, 0.2) is 30.6 Å². The monoisotopic (exact) mass is 343 g/mol. The Labute approximate surface area is 114 Å². The van der Waals surface area contributed by atoms with Gasteiger partial charge < -0.3 is 4.74 Å². The summed E-state index contributed by atoms with van der Waals surface area (Å²) in [6.45, 7) is 3.46. The first-order chi connectivity index (χ1) is 8.31. The van der Waals surface area contributed by atoms with Crippen molar-refractivity contribution in [1.82, 2.24) is 14.8 Å². The largest absolute Gasteiger partial charge is 0.485 e. The lowest BCUT2D eigenvalue weighted by molar-refractivity contribution is 0.284. The highest BCUT2D eigenvalue weighted by Gasteiger charge is 2.05. The van der Waals surface area contributed by atoms with Gasteiger partial charge in [0.1, 0.15) is 18.7 Å². The fourth-order valence-corrected chi connectivity index (χ4v) is 2.05. The summed E-state index contributed by atoms with van der Waals surface area (Å²) in [6.07, 6.45) is 2.61. The van der Waals surface area contributed by atoms with Gasteiger partial charge in [0.05, 0.1) is 3.57 Å². The van der Waals surface area contributed by atoms with E-state index in [4.69, 9.17) is 4.74 Å². The second-order valence-corrected chi connectivity index (χ2v) is 4.78. The quantitative estimate of drug-likeness (QED) is 0.784. The van der Waals surface area contributed by atoms with Crippen molar-refractivity contribution < 1.29 is 4.74 Å². The van der Waals surface area contributed by atoms with E-state index in [-0.39, 0.29) is 0 Å². The van der Waals surface area contributed by atoms with E-state index in [1.807, 2.05) is 28.9 Å². The zero-order valence-corrected chi connectivity index (χ0v) is 11.8. The van der Waals surface area contributed by atoms with Crippen LogP contribution in [0.3, 0.4) is 0 Å². The highest BCUT2D eigenvalue weighted by atomic mass is 127. The van der Waals surface area contributed by atoms with Gasteiger partial charge in [-0.1, -0.05) is 19.1 Å². The first-order valence-corrected chi connectivity index (χ1v) is 6.63. The van der Waals surface area contributed by atoms with E-state index in [1.54, 1.807) is 6.33 Å². The molecule has 0 spiro atoms. The highest BCUT2D eigenvalue weighted by Crippen LogP contribution is 2.20. The van der Waals surface area contributed by atoms with E-state index >= 15 is 0 Å². The SMILES string of the molecule is CCCn1ncnc1COc1ccccc1I.